The molecule has 2 aliphatic rings. The van der Waals surface area contributed by atoms with Crippen molar-refractivity contribution in [2.24, 2.45) is 5.92 Å². The molecule has 1 heterocycles. The molecule has 1 saturated heterocycles. The van der Waals surface area contributed by atoms with Crippen molar-refractivity contribution >= 4 is 5.97 Å². The second kappa shape index (κ2) is 7.28. The van der Waals surface area contributed by atoms with Gasteiger partial charge in [0.15, 0.2) is 5.60 Å². The summed E-state index contributed by atoms with van der Waals surface area (Å²) in [6.07, 6.45) is 15.5. The fraction of sp³-hybridized carbons (Fsp3) is 0.938. The maximum atomic E-state index is 10.9. The standard InChI is InChI=1S/C16H28O3/c17-15(18)16(13-19-16)12-8-4-3-7-11-14-9-5-1-2-6-10-14/h14H,1-13H2,(H,17,18). The van der Waals surface area contributed by atoms with Crippen LogP contribution in [0.5, 0.6) is 0 Å². The SMILES string of the molecule is O=C(O)C1(CCCCCCC2CCCCCC2)CO1. The number of rotatable bonds is 8. The fourth-order valence-corrected chi connectivity index (χ4v) is 3.31. The highest BCUT2D eigenvalue weighted by Crippen LogP contribution is 2.33. The van der Waals surface area contributed by atoms with Gasteiger partial charge in [-0.25, -0.2) is 4.79 Å². The first-order valence-corrected chi connectivity index (χ1v) is 8.10. The van der Waals surface area contributed by atoms with E-state index in [-0.39, 0.29) is 0 Å². The second-order valence-electron chi connectivity index (χ2n) is 6.40. The van der Waals surface area contributed by atoms with E-state index in [1.165, 1.54) is 57.8 Å². The molecule has 19 heavy (non-hydrogen) atoms. The molecule has 1 saturated carbocycles. The highest BCUT2D eigenvalue weighted by Gasteiger charge is 2.51. The van der Waals surface area contributed by atoms with Gasteiger partial charge in [0.2, 0.25) is 0 Å². The summed E-state index contributed by atoms with van der Waals surface area (Å²) < 4.78 is 5.07. The minimum absolute atomic E-state index is 0.421. The minimum Gasteiger partial charge on any atom is -0.479 e. The predicted octanol–water partition coefficient (Wildman–Crippen LogP) is 4.15. The molecule has 0 bridgehead atoms. The summed E-state index contributed by atoms with van der Waals surface area (Å²) in [6.45, 7) is 0.421. The van der Waals surface area contributed by atoms with E-state index in [9.17, 15) is 4.79 Å². The average Bonchev–Trinajstić information content (AvgIpc) is 3.19. The lowest BCUT2D eigenvalue weighted by molar-refractivity contribution is -0.143. The maximum Gasteiger partial charge on any atom is 0.338 e. The van der Waals surface area contributed by atoms with Crippen LogP contribution >= 0.6 is 0 Å². The van der Waals surface area contributed by atoms with E-state index in [0.717, 1.165) is 18.8 Å². The van der Waals surface area contributed by atoms with Gasteiger partial charge in [-0.3, -0.25) is 0 Å². The molecule has 0 aromatic heterocycles. The van der Waals surface area contributed by atoms with Crippen LogP contribution in [-0.2, 0) is 9.53 Å². The molecule has 1 N–H and O–H groups in total. The molecule has 0 radical (unpaired) electrons. The van der Waals surface area contributed by atoms with Crippen molar-refractivity contribution in [3.8, 4) is 0 Å². The Bertz CT molecular complexity index is 276. The Morgan fingerprint density at radius 2 is 1.68 bits per heavy atom. The smallest absolute Gasteiger partial charge is 0.338 e. The molecule has 3 heteroatoms. The van der Waals surface area contributed by atoms with Gasteiger partial charge in [0.05, 0.1) is 6.61 Å². The van der Waals surface area contributed by atoms with Gasteiger partial charge in [0, 0.05) is 0 Å². The minimum atomic E-state index is -0.790. The van der Waals surface area contributed by atoms with E-state index >= 15 is 0 Å². The summed E-state index contributed by atoms with van der Waals surface area (Å²) in [5.41, 5.74) is -0.790. The topological polar surface area (TPSA) is 49.8 Å². The van der Waals surface area contributed by atoms with Crippen molar-refractivity contribution in [2.45, 2.75) is 82.7 Å². The Balaban J connectivity index is 1.47. The van der Waals surface area contributed by atoms with Gasteiger partial charge in [-0.1, -0.05) is 64.2 Å². The molecule has 110 valence electrons. The van der Waals surface area contributed by atoms with E-state index in [0.29, 0.717) is 13.0 Å². The van der Waals surface area contributed by atoms with Crippen molar-refractivity contribution in [1.82, 2.24) is 0 Å². The van der Waals surface area contributed by atoms with Crippen LogP contribution in [0.15, 0.2) is 0 Å². The van der Waals surface area contributed by atoms with E-state index in [1.807, 2.05) is 0 Å². The van der Waals surface area contributed by atoms with Crippen LogP contribution in [0.3, 0.4) is 0 Å². The van der Waals surface area contributed by atoms with E-state index in [1.54, 1.807) is 0 Å². The van der Waals surface area contributed by atoms with E-state index in [4.69, 9.17) is 9.84 Å². The largest absolute Gasteiger partial charge is 0.479 e. The third kappa shape index (κ3) is 4.79. The molecule has 1 aliphatic carbocycles. The third-order valence-electron chi connectivity index (χ3n) is 4.80. The van der Waals surface area contributed by atoms with Crippen molar-refractivity contribution in [3.05, 3.63) is 0 Å². The van der Waals surface area contributed by atoms with Crippen LogP contribution in [0, 0.1) is 5.92 Å². The Hall–Kier alpha value is -0.570. The van der Waals surface area contributed by atoms with Crippen LogP contribution in [0.4, 0.5) is 0 Å². The van der Waals surface area contributed by atoms with Gasteiger partial charge >= 0.3 is 5.97 Å². The van der Waals surface area contributed by atoms with Crippen LogP contribution < -0.4 is 0 Å². The molecular weight excluding hydrogens is 240 g/mol. The number of aliphatic carboxylic acids is 1. The third-order valence-corrected chi connectivity index (χ3v) is 4.80. The molecular formula is C16H28O3. The summed E-state index contributed by atoms with van der Waals surface area (Å²) in [6, 6.07) is 0. The van der Waals surface area contributed by atoms with Gasteiger partial charge in [-0.15, -0.1) is 0 Å². The summed E-state index contributed by atoms with van der Waals surface area (Å²) in [5, 5.41) is 8.98. The second-order valence-corrected chi connectivity index (χ2v) is 6.40. The fourth-order valence-electron chi connectivity index (χ4n) is 3.31. The van der Waals surface area contributed by atoms with Crippen molar-refractivity contribution in [2.75, 3.05) is 6.61 Å². The van der Waals surface area contributed by atoms with Gasteiger partial charge in [0.25, 0.3) is 0 Å². The zero-order valence-electron chi connectivity index (χ0n) is 12.0. The molecule has 0 aromatic rings. The monoisotopic (exact) mass is 268 g/mol. The Kier molecular flexibility index (Phi) is 5.68. The molecule has 0 spiro atoms. The number of hydrogen-bond acceptors (Lipinski definition) is 2. The highest BCUT2D eigenvalue weighted by atomic mass is 16.6. The zero-order valence-corrected chi connectivity index (χ0v) is 12.0. The van der Waals surface area contributed by atoms with Crippen molar-refractivity contribution in [1.29, 1.82) is 0 Å². The molecule has 2 fully saturated rings. The van der Waals surface area contributed by atoms with Crippen LogP contribution in [0.2, 0.25) is 0 Å². The number of carboxylic acids is 1. The molecule has 1 atom stereocenters. The summed E-state index contributed by atoms with van der Waals surface area (Å²) in [7, 11) is 0. The lowest BCUT2D eigenvalue weighted by Crippen LogP contribution is -2.23. The lowest BCUT2D eigenvalue weighted by atomic mass is 9.93. The van der Waals surface area contributed by atoms with Gasteiger partial charge in [-0.05, 0) is 18.8 Å². The van der Waals surface area contributed by atoms with Crippen LogP contribution in [0.25, 0.3) is 0 Å². The van der Waals surface area contributed by atoms with E-state index in [2.05, 4.69) is 0 Å². The first kappa shape index (κ1) is 14.8. The number of carboxylic acid groups (broad SMARTS) is 1. The Morgan fingerprint density at radius 3 is 2.26 bits per heavy atom. The average molecular weight is 268 g/mol. The van der Waals surface area contributed by atoms with Crippen LogP contribution in [0.1, 0.15) is 77.0 Å². The maximum absolute atomic E-state index is 10.9. The Morgan fingerprint density at radius 1 is 1.05 bits per heavy atom. The molecule has 3 nitrogen and oxygen atoms in total. The first-order chi connectivity index (χ1) is 9.23. The molecule has 0 aromatic carbocycles. The van der Waals surface area contributed by atoms with Gasteiger partial charge < -0.3 is 9.84 Å². The van der Waals surface area contributed by atoms with Gasteiger partial charge in [0.1, 0.15) is 0 Å². The van der Waals surface area contributed by atoms with Gasteiger partial charge in [-0.2, -0.15) is 0 Å². The van der Waals surface area contributed by atoms with Crippen LogP contribution in [-0.4, -0.2) is 23.3 Å². The summed E-state index contributed by atoms with van der Waals surface area (Å²) in [5.74, 6) is 0.200. The predicted molar refractivity (Wildman–Crippen MR) is 75.2 cm³/mol. The zero-order chi connectivity index (χ0) is 13.6. The quantitative estimate of drug-likeness (QED) is 0.408. The summed E-state index contributed by atoms with van der Waals surface area (Å²) in [4.78, 5) is 10.9. The van der Waals surface area contributed by atoms with Crippen molar-refractivity contribution in [3.63, 3.8) is 0 Å². The first-order valence-electron chi connectivity index (χ1n) is 8.10. The number of epoxide rings is 1. The number of ether oxygens (including phenoxy) is 1. The lowest BCUT2D eigenvalue weighted by Gasteiger charge is -2.13. The number of hydrogen-bond donors (Lipinski definition) is 1. The number of carbonyl (C=O) groups is 1. The molecule has 2 rings (SSSR count). The summed E-state index contributed by atoms with van der Waals surface area (Å²) >= 11 is 0. The molecule has 1 aliphatic heterocycles. The van der Waals surface area contributed by atoms with E-state index < -0.39 is 11.6 Å². The number of unbranched alkanes of at least 4 members (excludes halogenated alkanes) is 3. The highest BCUT2D eigenvalue weighted by molar-refractivity contribution is 5.80. The Labute approximate surface area is 116 Å². The molecule has 1 unspecified atom stereocenters. The van der Waals surface area contributed by atoms with Crippen molar-refractivity contribution < 1.29 is 14.6 Å². The normalized spacial score (nSPS) is 28.0. The molecule has 0 amide bonds.